The molecule has 0 saturated carbocycles. The molecule has 1 aliphatic heterocycles. The summed E-state index contributed by atoms with van der Waals surface area (Å²) in [6.07, 6.45) is 0. The highest BCUT2D eigenvalue weighted by molar-refractivity contribution is 7.89. The molecule has 5 nitrogen and oxygen atoms in total. The summed E-state index contributed by atoms with van der Waals surface area (Å²) in [7, 11) is -1.45. The summed E-state index contributed by atoms with van der Waals surface area (Å²) in [5.41, 5.74) is 8.31. The fourth-order valence-electron chi connectivity index (χ4n) is 2.70. The molecule has 1 aromatic rings. The molecule has 2 rings (SSSR count). The Hall–Kier alpha value is -1.11. The average Bonchev–Trinajstić information content (AvgIpc) is 2.40. The predicted octanol–water partition coefficient (Wildman–Crippen LogP) is 1.60. The maximum Gasteiger partial charge on any atom is 0.243 e. The Kier molecular flexibility index (Phi) is 4.33. The number of nitrogen functional groups attached to an aromatic ring is 1. The highest BCUT2D eigenvalue weighted by Crippen LogP contribution is 2.26. The zero-order valence-electron chi connectivity index (χ0n) is 13.4. The van der Waals surface area contributed by atoms with Gasteiger partial charge in [-0.2, -0.15) is 4.31 Å². The molecule has 0 spiro atoms. The Bertz CT molecular complexity index is 607. The standard InChI is InChI=1S/C15H25N3O2S/c1-10-6-14(7-15(16)13(10)4)21(19,20)18-8-11(2)17(5)12(3)9-18/h6-7,11-12H,8-9,16H2,1-5H3. The Morgan fingerprint density at radius 3 is 2.14 bits per heavy atom. The number of hydrogen-bond acceptors (Lipinski definition) is 4. The number of aryl methyl sites for hydroxylation is 1. The molecule has 0 bridgehead atoms. The molecule has 1 aromatic carbocycles. The van der Waals surface area contributed by atoms with Crippen molar-refractivity contribution < 1.29 is 8.42 Å². The number of hydrogen-bond donors (Lipinski definition) is 1. The van der Waals surface area contributed by atoms with Gasteiger partial charge in [0.1, 0.15) is 0 Å². The Labute approximate surface area is 127 Å². The van der Waals surface area contributed by atoms with Crippen molar-refractivity contribution in [3.63, 3.8) is 0 Å². The summed E-state index contributed by atoms with van der Waals surface area (Å²) in [4.78, 5) is 2.51. The van der Waals surface area contributed by atoms with Gasteiger partial charge in [0.15, 0.2) is 0 Å². The van der Waals surface area contributed by atoms with E-state index >= 15 is 0 Å². The van der Waals surface area contributed by atoms with Crippen LogP contribution in [0.5, 0.6) is 0 Å². The van der Waals surface area contributed by atoms with E-state index in [1.807, 2.05) is 34.7 Å². The molecular weight excluding hydrogens is 286 g/mol. The number of rotatable bonds is 2. The van der Waals surface area contributed by atoms with Crippen LogP contribution in [-0.4, -0.2) is 49.8 Å². The van der Waals surface area contributed by atoms with Gasteiger partial charge in [-0.1, -0.05) is 0 Å². The maximum absolute atomic E-state index is 12.9. The van der Waals surface area contributed by atoms with Crippen LogP contribution in [0.1, 0.15) is 25.0 Å². The molecule has 21 heavy (non-hydrogen) atoms. The lowest BCUT2D eigenvalue weighted by Crippen LogP contribution is -2.56. The van der Waals surface area contributed by atoms with Crippen LogP contribution in [0.2, 0.25) is 0 Å². The Balaban J connectivity index is 2.39. The molecule has 2 atom stereocenters. The Morgan fingerprint density at radius 1 is 1.14 bits per heavy atom. The van der Waals surface area contributed by atoms with Crippen LogP contribution in [0.25, 0.3) is 0 Å². The van der Waals surface area contributed by atoms with Gasteiger partial charge in [-0.05, 0) is 58.0 Å². The first kappa shape index (κ1) is 16.3. The van der Waals surface area contributed by atoms with Gasteiger partial charge in [0, 0.05) is 30.9 Å². The fraction of sp³-hybridized carbons (Fsp3) is 0.600. The van der Waals surface area contributed by atoms with E-state index < -0.39 is 10.0 Å². The molecule has 1 saturated heterocycles. The summed E-state index contributed by atoms with van der Waals surface area (Å²) in [6, 6.07) is 3.69. The van der Waals surface area contributed by atoms with E-state index in [4.69, 9.17) is 5.73 Å². The van der Waals surface area contributed by atoms with E-state index in [0.717, 1.165) is 11.1 Å². The molecule has 0 aliphatic carbocycles. The number of nitrogens with zero attached hydrogens (tertiary/aromatic N) is 2. The predicted molar refractivity (Wildman–Crippen MR) is 85.8 cm³/mol. The highest BCUT2D eigenvalue weighted by Gasteiger charge is 2.34. The van der Waals surface area contributed by atoms with Crippen molar-refractivity contribution in [2.45, 2.75) is 44.7 Å². The topological polar surface area (TPSA) is 66.6 Å². The van der Waals surface area contributed by atoms with E-state index in [0.29, 0.717) is 23.7 Å². The molecule has 6 heteroatoms. The van der Waals surface area contributed by atoms with Crippen LogP contribution >= 0.6 is 0 Å². The van der Waals surface area contributed by atoms with Gasteiger partial charge >= 0.3 is 0 Å². The van der Waals surface area contributed by atoms with E-state index in [1.54, 1.807) is 16.4 Å². The SMILES string of the molecule is Cc1cc(S(=O)(=O)N2CC(C)N(C)C(C)C2)cc(N)c1C. The minimum absolute atomic E-state index is 0.201. The summed E-state index contributed by atoms with van der Waals surface area (Å²) in [6.45, 7) is 8.91. The number of benzene rings is 1. The molecule has 118 valence electrons. The van der Waals surface area contributed by atoms with Gasteiger partial charge in [0.05, 0.1) is 4.90 Å². The van der Waals surface area contributed by atoms with Crippen LogP contribution in [0.4, 0.5) is 5.69 Å². The Morgan fingerprint density at radius 2 is 1.67 bits per heavy atom. The number of piperazine rings is 1. The van der Waals surface area contributed by atoms with E-state index in [2.05, 4.69) is 4.90 Å². The van der Waals surface area contributed by atoms with Crippen LogP contribution in [-0.2, 0) is 10.0 Å². The van der Waals surface area contributed by atoms with Gasteiger partial charge < -0.3 is 5.73 Å². The van der Waals surface area contributed by atoms with Gasteiger partial charge in [0.25, 0.3) is 0 Å². The lowest BCUT2D eigenvalue weighted by molar-refractivity contribution is 0.105. The van der Waals surface area contributed by atoms with Crippen molar-refractivity contribution in [3.8, 4) is 0 Å². The maximum atomic E-state index is 12.9. The zero-order valence-corrected chi connectivity index (χ0v) is 14.2. The molecule has 2 N–H and O–H groups in total. The summed E-state index contributed by atoms with van der Waals surface area (Å²) >= 11 is 0. The molecular formula is C15H25N3O2S. The second kappa shape index (κ2) is 5.59. The monoisotopic (exact) mass is 311 g/mol. The summed E-state index contributed by atoms with van der Waals surface area (Å²) in [5.74, 6) is 0. The minimum Gasteiger partial charge on any atom is -0.398 e. The third kappa shape index (κ3) is 2.93. The van der Waals surface area contributed by atoms with E-state index in [-0.39, 0.29) is 12.1 Å². The smallest absolute Gasteiger partial charge is 0.243 e. The zero-order chi connectivity index (χ0) is 15.9. The molecule has 1 aliphatic rings. The van der Waals surface area contributed by atoms with Crippen LogP contribution in [0, 0.1) is 13.8 Å². The third-order valence-corrected chi connectivity index (χ3v) is 6.45. The van der Waals surface area contributed by atoms with Crippen molar-refractivity contribution in [1.29, 1.82) is 0 Å². The van der Waals surface area contributed by atoms with E-state index in [9.17, 15) is 8.42 Å². The first-order valence-corrected chi connectivity index (χ1v) is 8.67. The first-order chi connectivity index (χ1) is 9.64. The molecule has 0 amide bonds. The molecule has 0 aromatic heterocycles. The fourth-order valence-corrected chi connectivity index (χ4v) is 4.43. The molecule has 0 radical (unpaired) electrons. The van der Waals surface area contributed by atoms with Crippen LogP contribution < -0.4 is 5.73 Å². The number of likely N-dealkylation sites (N-methyl/N-ethyl adjacent to an activating group) is 1. The van der Waals surface area contributed by atoms with Crippen molar-refractivity contribution in [1.82, 2.24) is 9.21 Å². The second-order valence-electron chi connectivity index (χ2n) is 6.14. The van der Waals surface area contributed by atoms with Crippen molar-refractivity contribution in [3.05, 3.63) is 23.3 Å². The van der Waals surface area contributed by atoms with Gasteiger partial charge in [-0.15, -0.1) is 0 Å². The first-order valence-electron chi connectivity index (χ1n) is 7.23. The largest absolute Gasteiger partial charge is 0.398 e. The average molecular weight is 311 g/mol. The summed E-state index contributed by atoms with van der Waals surface area (Å²) < 4.78 is 27.3. The lowest BCUT2D eigenvalue weighted by atomic mass is 10.1. The van der Waals surface area contributed by atoms with Crippen molar-refractivity contribution in [2.75, 3.05) is 25.9 Å². The van der Waals surface area contributed by atoms with E-state index in [1.165, 1.54) is 0 Å². The lowest BCUT2D eigenvalue weighted by Gasteiger charge is -2.41. The van der Waals surface area contributed by atoms with Crippen molar-refractivity contribution >= 4 is 15.7 Å². The van der Waals surface area contributed by atoms with Gasteiger partial charge in [-0.25, -0.2) is 8.42 Å². The normalized spacial score (nSPS) is 25.2. The third-order valence-electron chi connectivity index (χ3n) is 4.65. The molecule has 1 fully saturated rings. The quantitative estimate of drug-likeness (QED) is 0.843. The molecule has 2 unspecified atom stereocenters. The minimum atomic E-state index is -3.49. The number of nitrogens with two attached hydrogens (primary N) is 1. The second-order valence-corrected chi connectivity index (χ2v) is 8.08. The van der Waals surface area contributed by atoms with Gasteiger partial charge in [0.2, 0.25) is 10.0 Å². The summed E-state index contributed by atoms with van der Waals surface area (Å²) in [5, 5.41) is 0. The number of sulfonamides is 1. The highest BCUT2D eigenvalue weighted by atomic mass is 32.2. The van der Waals surface area contributed by atoms with Gasteiger partial charge in [-0.3, -0.25) is 4.90 Å². The molecule has 1 heterocycles. The van der Waals surface area contributed by atoms with Crippen LogP contribution in [0.15, 0.2) is 17.0 Å². The van der Waals surface area contributed by atoms with Crippen LogP contribution in [0.3, 0.4) is 0 Å². The number of anilines is 1. The van der Waals surface area contributed by atoms with Crippen molar-refractivity contribution in [2.24, 2.45) is 0 Å².